The van der Waals surface area contributed by atoms with Gasteiger partial charge in [0, 0.05) is 28.4 Å². The number of aromatic amines is 2. The minimum absolute atomic E-state index is 0.469. The number of rotatable bonds is 3. The minimum atomic E-state index is 0.469. The highest BCUT2D eigenvalue weighted by Crippen LogP contribution is 2.28. The number of hydrogen-bond donors (Lipinski definition) is 2. The van der Waals surface area contributed by atoms with E-state index in [1.54, 1.807) is 0 Å². The number of aryl methyl sites for hydroxylation is 2. The largest absolute Gasteiger partial charge is 0.360 e. The second-order valence-electron chi connectivity index (χ2n) is 4.65. The molecule has 19 heavy (non-hydrogen) atoms. The van der Waals surface area contributed by atoms with Crippen molar-refractivity contribution >= 4 is 17.2 Å². The third-order valence-electron chi connectivity index (χ3n) is 3.44. The smallest absolute Gasteiger partial charge is 0.170 e. The Morgan fingerprint density at radius 1 is 1.37 bits per heavy atom. The molecule has 0 aliphatic rings. The van der Waals surface area contributed by atoms with Crippen LogP contribution in [0.25, 0.3) is 22.3 Å². The molecule has 3 rings (SSSR count). The first-order valence-electron chi connectivity index (χ1n) is 6.35. The Labute approximate surface area is 110 Å². The summed E-state index contributed by atoms with van der Waals surface area (Å²) in [5, 5.41) is 1.13. The normalized spacial score (nSPS) is 11.1. The number of nitrogens with one attached hydrogen (secondary N) is 2. The predicted octanol–water partition coefficient (Wildman–Crippen LogP) is 3.24. The van der Waals surface area contributed by atoms with E-state index in [2.05, 4.69) is 40.1 Å². The number of nitrogens with zero attached hydrogens (tertiary/aromatic N) is 1. The SMILES string of the molecule is CCc1ccc2[nH]cc(-c3nc(C=O)c(C)[nH]3)c2c1. The Balaban J connectivity index is 2.20. The number of imidazole rings is 1. The lowest BCUT2D eigenvalue weighted by Gasteiger charge is -1.98. The number of H-pyrrole nitrogens is 2. The van der Waals surface area contributed by atoms with Gasteiger partial charge in [-0.1, -0.05) is 13.0 Å². The average molecular weight is 253 g/mol. The zero-order chi connectivity index (χ0) is 13.4. The summed E-state index contributed by atoms with van der Waals surface area (Å²) in [4.78, 5) is 21.6. The van der Waals surface area contributed by atoms with Crippen molar-refractivity contribution in [2.45, 2.75) is 20.3 Å². The van der Waals surface area contributed by atoms with Crippen molar-refractivity contribution in [3.63, 3.8) is 0 Å². The Bertz CT molecular complexity index is 752. The topological polar surface area (TPSA) is 61.5 Å². The first kappa shape index (κ1) is 11.7. The molecule has 0 fully saturated rings. The van der Waals surface area contributed by atoms with E-state index in [0.29, 0.717) is 5.69 Å². The number of benzene rings is 1. The van der Waals surface area contributed by atoms with Crippen molar-refractivity contribution in [3.05, 3.63) is 41.3 Å². The van der Waals surface area contributed by atoms with Gasteiger partial charge in [-0.25, -0.2) is 4.98 Å². The molecule has 0 saturated carbocycles. The molecule has 2 N–H and O–H groups in total. The van der Waals surface area contributed by atoms with Gasteiger partial charge in [0.05, 0.1) is 0 Å². The third kappa shape index (κ3) is 1.85. The molecule has 4 nitrogen and oxygen atoms in total. The van der Waals surface area contributed by atoms with Crippen molar-refractivity contribution in [1.82, 2.24) is 15.0 Å². The van der Waals surface area contributed by atoms with Crippen LogP contribution in [0.15, 0.2) is 24.4 Å². The first-order chi connectivity index (χ1) is 9.22. The molecule has 0 aliphatic heterocycles. The van der Waals surface area contributed by atoms with Crippen molar-refractivity contribution < 1.29 is 4.79 Å². The number of aldehydes is 1. The highest BCUT2D eigenvalue weighted by Gasteiger charge is 2.12. The Morgan fingerprint density at radius 3 is 2.89 bits per heavy atom. The molecule has 0 spiro atoms. The van der Waals surface area contributed by atoms with Crippen LogP contribution in [0.4, 0.5) is 0 Å². The number of fused-ring (bicyclic) bond motifs is 1. The van der Waals surface area contributed by atoms with E-state index in [9.17, 15) is 4.79 Å². The Kier molecular flexibility index (Phi) is 2.71. The van der Waals surface area contributed by atoms with Crippen molar-refractivity contribution in [2.75, 3.05) is 0 Å². The lowest BCUT2D eigenvalue weighted by molar-refractivity contribution is 0.111. The summed E-state index contributed by atoms with van der Waals surface area (Å²) in [6, 6.07) is 6.36. The van der Waals surface area contributed by atoms with Gasteiger partial charge in [0.15, 0.2) is 6.29 Å². The summed E-state index contributed by atoms with van der Waals surface area (Å²) in [5.41, 5.74) is 4.63. The molecule has 0 amide bonds. The van der Waals surface area contributed by atoms with Crippen molar-refractivity contribution in [2.24, 2.45) is 0 Å². The van der Waals surface area contributed by atoms with Crippen molar-refractivity contribution in [1.29, 1.82) is 0 Å². The van der Waals surface area contributed by atoms with Crippen LogP contribution in [0.5, 0.6) is 0 Å². The van der Waals surface area contributed by atoms with Crippen molar-refractivity contribution in [3.8, 4) is 11.4 Å². The summed E-state index contributed by atoms with van der Waals surface area (Å²) < 4.78 is 0. The van der Waals surface area contributed by atoms with E-state index in [0.717, 1.165) is 40.7 Å². The molecule has 4 heteroatoms. The molecule has 0 radical (unpaired) electrons. The molecule has 0 bridgehead atoms. The monoisotopic (exact) mass is 253 g/mol. The minimum Gasteiger partial charge on any atom is -0.360 e. The van der Waals surface area contributed by atoms with Gasteiger partial charge in [-0.05, 0) is 31.0 Å². The number of carbonyl (C=O) groups is 1. The van der Waals surface area contributed by atoms with E-state index in [1.807, 2.05) is 13.1 Å². The van der Waals surface area contributed by atoms with Gasteiger partial charge in [0.2, 0.25) is 0 Å². The van der Waals surface area contributed by atoms with Gasteiger partial charge in [-0.2, -0.15) is 0 Å². The Hall–Kier alpha value is -2.36. The fourth-order valence-electron chi connectivity index (χ4n) is 2.30. The summed E-state index contributed by atoms with van der Waals surface area (Å²) in [7, 11) is 0. The van der Waals surface area contributed by atoms with E-state index in [-0.39, 0.29) is 0 Å². The van der Waals surface area contributed by atoms with E-state index < -0.39 is 0 Å². The Morgan fingerprint density at radius 2 is 2.21 bits per heavy atom. The van der Waals surface area contributed by atoms with Gasteiger partial charge in [0.1, 0.15) is 11.5 Å². The van der Waals surface area contributed by atoms with E-state index >= 15 is 0 Å². The molecule has 0 atom stereocenters. The standard InChI is InChI=1S/C15H15N3O/c1-3-10-4-5-13-11(6-10)12(7-16-13)15-17-9(2)14(8-19)18-15/h4-8,16H,3H2,1-2H3,(H,17,18). The second kappa shape index (κ2) is 4.39. The second-order valence-corrected chi connectivity index (χ2v) is 4.65. The summed E-state index contributed by atoms with van der Waals surface area (Å²) in [5.74, 6) is 0.735. The van der Waals surface area contributed by atoms with Gasteiger partial charge < -0.3 is 9.97 Å². The van der Waals surface area contributed by atoms with Gasteiger partial charge >= 0.3 is 0 Å². The molecular weight excluding hydrogens is 238 g/mol. The van der Waals surface area contributed by atoms with Crippen LogP contribution in [0.2, 0.25) is 0 Å². The quantitative estimate of drug-likeness (QED) is 0.704. The molecule has 1 aromatic carbocycles. The summed E-state index contributed by atoms with van der Waals surface area (Å²) in [6.45, 7) is 3.99. The molecule has 0 aliphatic carbocycles. The van der Waals surface area contributed by atoms with Crippen LogP contribution in [0.3, 0.4) is 0 Å². The maximum Gasteiger partial charge on any atom is 0.170 e. The molecule has 96 valence electrons. The summed E-state index contributed by atoms with van der Waals surface area (Å²) in [6.07, 6.45) is 3.70. The molecular formula is C15H15N3O. The highest BCUT2D eigenvalue weighted by atomic mass is 16.1. The zero-order valence-corrected chi connectivity index (χ0v) is 10.9. The van der Waals surface area contributed by atoms with Crippen LogP contribution in [-0.4, -0.2) is 21.2 Å². The van der Waals surface area contributed by atoms with Crippen LogP contribution in [0, 0.1) is 6.92 Å². The molecule has 0 unspecified atom stereocenters. The number of aromatic nitrogens is 3. The average Bonchev–Trinajstić information content (AvgIpc) is 3.00. The van der Waals surface area contributed by atoms with Crippen LogP contribution in [0.1, 0.15) is 28.7 Å². The van der Waals surface area contributed by atoms with Crippen LogP contribution < -0.4 is 0 Å². The van der Waals surface area contributed by atoms with Gasteiger partial charge in [-0.15, -0.1) is 0 Å². The van der Waals surface area contributed by atoms with Gasteiger partial charge in [-0.3, -0.25) is 4.79 Å². The van der Waals surface area contributed by atoms with Crippen LogP contribution in [-0.2, 0) is 6.42 Å². The fraction of sp³-hybridized carbons (Fsp3) is 0.200. The molecule has 0 saturated heterocycles. The highest BCUT2D eigenvalue weighted by molar-refractivity contribution is 5.94. The summed E-state index contributed by atoms with van der Waals surface area (Å²) >= 11 is 0. The van der Waals surface area contributed by atoms with E-state index in [1.165, 1.54) is 5.56 Å². The lowest BCUT2D eigenvalue weighted by atomic mass is 10.1. The van der Waals surface area contributed by atoms with Crippen LogP contribution >= 0.6 is 0 Å². The number of carbonyl (C=O) groups excluding carboxylic acids is 1. The molecule has 2 aromatic heterocycles. The predicted molar refractivity (Wildman–Crippen MR) is 75.4 cm³/mol. The lowest BCUT2D eigenvalue weighted by Crippen LogP contribution is -1.83. The molecule has 3 aromatic rings. The molecule has 2 heterocycles. The first-order valence-corrected chi connectivity index (χ1v) is 6.35. The zero-order valence-electron chi connectivity index (χ0n) is 10.9. The number of hydrogen-bond acceptors (Lipinski definition) is 2. The fourth-order valence-corrected chi connectivity index (χ4v) is 2.30. The van der Waals surface area contributed by atoms with E-state index in [4.69, 9.17) is 0 Å². The maximum atomic E-state index is 10.9. The van der Waals surface area contributed by atoms with Gasteiger partial charge in [0.25, 0.3) is 0 Å². The third-order valence-corrected chi connectivity index (χ3v) is 3.44. The maximum absolute atomic E-state index is 10.9.